The highest BCUT2D eigenvalue weighted by molar-refractivity contribution is 7.88. The molecule has 1 aliphatic rings. The molecule has 1 fully saturated rings. The third-order valence-corrected chi connectivity index (χ3v) is 5.48. The van der Waals surface area contributed by atoms with Gasteiger partial charge in [-0.1, -0.05) is 6.42 Å². The molecule has 8 heteroatoms. The van der Waals surface area contributed by atoms with E-state index in [4.69, 9.17) is 4.74 Å². The summed E-state index contributed by atoms with van der Waals surface area (Å²) in [6.07, 6.45) is 6.57. The van der Waals surface area contributed by atoms with E-state index in [0.717, 1.165) is 19.1 Å². The van der Waals surface area contributed by atoms with Gasteiger partial charge >= 0.3 is 0 Å². The van der Waals surface area contributed by atoms with E-state index < -0.39 is 16.1 Å². The summed E-state index contributed by atoms with van der Waals surface area (Å²) in [6, 6.07) is 9.77. The predicted octanol–water partition coefficient (Wildman–Crippen LogP) is 2.63. The van der Waals surface area contributed by atoms with Crippen LogP contribution in [0.1, 0.15) is 19.3 Å². The van der Waals surface area contributed by atoms with Gasteiger partial charge in [0.05, 0.1) is 6.26 Å². The molecule has 1 N–H and O–H groups in total. The molecule has 2 heterocycles. The van der Waals surface area contributed by atoms with Crippen molar-refractivity contribution in [1.82, 2.24) is 9.29 Å². The maximum Gasteiger partial charge on any atom is 0.242 e. The lowest BCUT2D eigenvalue weighted by Crippen LogP contribution is -2.49. The van der Waals surface area contributed by atoms with Crippen molar-refractivity contribution in [2.75, 3.05) is 18.1 Å². The van der Waals surface area contributed by atoms with Gasteiger partial charge < -0.3 is 10.1 Å². The monoisotopic (exact) mass is 375 g/mol. The van der Waals surface area contributed by atoms with Crippen molar-refractivity contribution in [1.29, 1.82) is 0 Å². The molecule has 1 unspecified atom stereocenters. The molecule has 138 valence electrons. The largest absolute Gasteiger partial charge is 0.457 e. The van der Waals surface area contributed by atoms with Crippen LogP contribution >= 0.6 is 0 Å². The molecule has 26 heavy (non-hydrogen) atoms. The molecule has 1 aromatic heterocycles. The average Bonchev–Trinajstić information content (AvgIpc) is 2.63. The fourth-order valence-electron chi connectivity index (χ4n) is 2.94. The van der Waals surface area contributed by atoms with Crippen molar-refractivity contribution in [3.8, 4) is 11.5 Å². The minimum atomic E-state index is -3.41. The van der Waals surface area contributed by atoms with E-state index in [1.807, 2.05) is 0 Å². The van der Waals surface area contributed by atoms with Crippen molar-refractivity contribution in [3.05, 3.63) is 48.8 Å². The SMILES string of the molecule is CS(=O)(=O)N1CCCCC1C(=O)Nc1ccc(Oc2ccncc2)cc1. The number of benzene rings is 1. The molecule has 1 aliphatic heterocycles. The maximum atomic E-state index is 12.5. The van der Waals surface area contributed by atoms with E-state index in [1.165, 1.54) is 4.31 Å². The molecule has 7 nitrogen and oxygen atoms in total. The number of piperidine rings is 1. The molecule has 0 aliphatic carbocycles. The van der Waals surface area contributed by atoms with Crippen molar-refractivity contribution in [2.24, 2.45) is 0 Å². The zero-order valence-corrected chi connectivity index (χ0v) is 15.3. The van der Waals surface area contributed by atoms with Gasteiger partial charge in [-0.15, -0.1) is 0 Å². The van der Waals surface area contributed by atoms with Crippen LogP contribution in [0.2, 0.25) is 0 Å². The van der Waals surface area contributed by atoms with Crippen LogP contribution in [0.4, 0.5) is 5.69 Å². The number of nitrogens with one attached hydrogen (secondary N) is 1. The Morgan fingerprint density at radius 3 is 2.42 bits per heavy atom. The number of ether oxygens (including phenoxy) is 1. The number of carbonyl (C=O) groups excluding carboxylic acids is 1. The normalized spacial score (nSPS) is 18.3. The number of rotatable bonds is 5. The minimum absolute atomic E-state index is 0.307. The highest BCUT2D eigenvalue weighted by atomic mass is 32.2. The number of hydrogen-bond donors (Lipinski definition) is 1. The molecular formula is C18H21N3O4S. The lowest BCUT2D eigenvalue weighted by atomic mass is 10.0. The number of carbonyl (C=O) groups is 1. The Morgan fingerprint density at radius 2 is 1.77 bits per heavy atom. The van der Waals surface area contributed by atoms with E-state index in [-0.39, 0.29) is 5.91 Å². The quantitative estimate of drug-likeness (QED) is 0.868. The van der Waals surface area contributed by atoms with E-state index in [2.05, 4.69) is 10.3 Å². The second-order valence-electron chi connectivity index (χ2n) is 6.18. The third kappa shape index (κ3) is 4.59. The predicted molar refractivity (Wildman–Crippen MR) is 98.6 cm³/mol. The number of nitrogens with zero attached hydrogens (tertiary/aromatic N) is 2. The fraction of sp³-hybridized carbons (Fsp3) is 0.333. The summed E-state index contributed by atoms with van der Waals surface area (Å²) in [4.78, 5) is 16.5. The van der Waals surface area contributed by atoms with Crippen molar-refractivity contribution in [2.45, 2.75) is 25.3 Å². The van der Waals surface area contributed by atoms with E-state index in [9.17, 15) is 13.2 Å². The van der Waals surface area contributed by atoms with Crippen LogP contribution in [0.25, 0.3) is 0 Å². The number of aromatic nitrogens is 1. The zero-order valence-electron chi connectivity index (χ0n) is 14.5. The molecule has 0 bridgehead atoms. The number of sulfonamides is 1. The van der Waals surface area contributed by atoms with Gasteiger partial charge in [0.2, 0.25) is 15.9 Å². The van der Waals surface area contributed by atoms with Gasteiger partial charge in [-0.2, -0.15) is 4.31 Å². The Bertz CT molecular complexity index is 854. The van der Waals surface area contributed by atoms with Crippen LogP contribution in [-0.2, 0) is 14.8 Å². The Kier molecular flexibility index (Phi) is 5.53. The first kappa shape index (κ1) is 18.3. The number of anilines is 1. The van der Waals surface area contributed by atoms with Gasteiger partial charge in [-0.3, -0.25) is 9.78 Å². The second-order valence-corrected chi connectivity index (χ2v) is 8.12. The topological polar surface area (TPSA) is 88.6 Å². The van der Waals surface area contributed by atoms with Crippen molar-refractivity contribution >= 4 is 21.6 Å². The minimum Gasteiger partial charge on any atom is -0.457 e. The molecule has 3 rings (SSSR count). The highest BCUT2D eigenvalue weighted by Crippen LogP contribution is 2.24. The van der Waals surface area contributed by atoms with Gasteiger partial charge in [-0.25, -0.2) is 8.42 Å². The smallest absolute Gasteiger partial charge is 0.242 e. The zero-order chi connectivity index (χ0) is 18.6. The Morgan fingerprint density at radius 1 is 1.12 bits per heavy atom. The number of amides is 1. The molecule has 0 saturated carbocycles. The van der Waals surface area contributed by atoms with Crippen molar-refractivity contribution in [3.63, 3.8) is 0 Å². The third-order valence-electron chi connectivity index (χ3n) is 4.19. The fourth-order valence-corrected chi connectivity index (χ4v) is 4.06. The summed E-state index contributed by atoms with van der Waals surface area (Å²) < 4.78 is 30.8. The van der Waals surface area contributed by atoms with Crippen LogP contribution in [0.15, 0.2) is 48.8 Å². The van der Waals surface area contributed by atoms with E-state index in [0.29, 0.717) is 30.2 Å². The highest BCUT2D eigenvalue weighted by Gasteiger charge is 2.34. The lowest BCUT2D eigenvalue weighted by molar-refractivity contribution is -0.120. The molecule has 1 amide bonds. The van der Waals surface area contributed by atoms with E-state index in [1.54, 1.807) is 48.8 Å². The number of hydrogen-bond acceptors (Lipinski definition) is 5. The van der Waals surface area contributed by atoms with Crippen LogP contribution in [-0.4, -0.2) is 42.5 Å². The summed E-state index contributed by atoms with van der Waals surface area (Å²) in [5.41, 5.74) is 0.594. The Balaban J connectivity index is 1.65. The Hall–Kier alpha value is -2.45. The summed E-state index contributed by atoms with van der Waals surface area (Å²) in [7, 11) is -3.41. The van der Waals surface area contributed by atoms with Crippen LogP contribution in [0, 0.1) is 0 Å². The summed E-state index contributed by atoms with van der Waals surface area (Å²) >= 11 is 0. The van der Waals surface area contributed by atoms with Gasteiger partial charge in [0.15, 0.2) is 0 Å². The van der Waals surface area contributed by atoms with Gasteiger partial charge in [0, 0.05) is 24.6 Å². The first-order chi connectivity index (χ1) is 12.4. The summed E-state index contributed by atoms with van der Waals surface area (Å²) in [5, 5.41) is 2.79. The van der Waals surface area contributed by atoms with Gasteiger partial charge in [0.25, 0.3) is 0 Å². The van der Waals surface area contributed by atoms with E-state index >= 15 is 0 Å². The van der Waals surface area contributed by atoms with Crippen LogP contribution in [0.5, 0.6) is 11.5 Å². The molecule has 0 radical (unpaired) electrons. The Labute approximate surface area is 153 Å². The second kappa shape index (κ2) is 7.84. The number of pyridine rings is 1. The van der Waals surface area contributed by atoms with Gasteiger partial charge in [0.1, 0.15) is 17.5 Å². The first-order valence-electron chi connectivity index (χ1n) is 8.39. The van der Waals surface area contributed by atoms with Crippen molar-refractivity contribution < 1.29 is 17.9 Å². The average molecular weight is 375 g/mol. The molecule has 0 spiro atoms. The van der Waals surface area contributed by atoms with Crippen LogP contribution < -0.4 is 10.1 Å². The molecule has 2 aromatic rings. The molecule has 1 atom stereocenters. The molecular weight excluding hydrogens is 354 g/mol. The lowest BCUT2D eigenvalue weighted by Gasteiger charge is -2.32. The molecule has 1 saturated heterocycles. The van der Waals surface area contributed by atoms with Gasteiger partial charge in [-0.05, 0) is 49.2 Å². The maximum absolute atomic E-state index is 12.5. The first-order valence-corrected chi connectivity index (χ1v) is 10.2. The summed E-state index contributed by atoms with van der Waals surface area (Å²) in [5.74, 6) is 0.991. The molecule has 1 aromatic carbocycles. The summed E-state index contributed by atoms with van der Waals surface area (Å²) in [6.45, 7) is 0.385. The standard InChI is InChI=1S/C18H21N3O4S/c1-26(23,24)21-13-3-2-4-17(21)18(22)20-14-5-7-15(8-6-14)25-16-9-11-19-12-10-16/h5-12,17H,2-4,13H2,1H3,(H,20,22). The van der Waals surface area contributed by atoms with Crippen LogP contribution in [0.3, 0.4) is 0 Å².